The van der Waals surface area contributed by atoms with E-state index < -0.39 is 12.0 Å². The Kier molecular flexibility index (Phi) is 4.83. The standard InChI is InChI=1S/C15H25NO3/c1-11-8-9-16(13(10-11)15(18)19)14(17)7-6-12-4-2-3-5-12/h11-13H,2-10H2,1H3,(H,18,19). The highest BCUT2D eigenvalue weighted by molar-refractivity contribution is 5.83. The summed E-state index contributed by atoms with van der Waals surface area (Å²) in [5.41, 5.74) is 0. The van der Waals surface area contributed by atoms with Crippen LogP contribution in [0.25, 0.3) is 0 Å². The summed E-state index contributed by atoms with van der Waals surface area (Å²) >= 11 is 0. The predicted molar refractivity (Wildman–Crippen MR) is 72.7 cm³/mol. The van der Waals surface area contributed by atoms with Crippen molar-refractivity contribution < 1.29 is 14.7 Å². The van der Waals surface area contributed by atoms with Crippen molar-refractivity contribution in [3.63, 3.8) is 0 Å². The highest BCUT2D eigenvalue weighted by Crippen LogP contribution is 2.30. The molecule has 1 aliphatic carbocycles. The molecule has 0 aromatic rings. The summed E-state index contributed by atoms with van der Waals surface area (Å²) in [4.78, 5) is 25.1. The minimum Gasteiger partial charge on any atom is -0.480 e. The van der Waals surface area contributed by atoms with Gasteiger partial charge >= 0.3 is 5.97 Å². The van der Waals surface area contributed by atoms with Crippen LogP contribution in [0.5, 0.6) is 0 Å². The zero-order valence-corrected chi connectivity index (χ0v) is 11.8. The molecule has 0 aromatic carbocycles. The van der Waals surface area contributed by atoms with Gasteiger partial charge in [-0.05, 0) is 31.1 Å². The highest BCUT2D eigenvalue weighted by Gasteiger charge is 2.34. The smallest absolute Gasteiger partial charge is 0.326 e. The lowest BCUT2D eigenvalue weighted by Gasteiger charge is -2.36. The fourth-order valence-electron chi connectivity index (χ4n) is 3.44. The maximum atomic E-state index is 12.2. The molecule has 108 valence electrons. The Hall–Kier alpha value is -1.06. The van der Waals surface area contributed by atoms with Gasteiger partial charge in [0.05, 0.1) is 0 Å². The molecule has 2 unspecified atom stereocenters. The number of piperidine rings is 1. The van der Waals surface area contributed by atoms with E-state index in [2.05, 4.69) is 6.92 Å². The molecule has 2 fully saturated rings. The Morgan fingerprint density at radius 3 is 2.53 bits per heavy atom. The fraction of sp³-hybridized carbons (Fsp3) is 0.867. The van der Waals surface area contributed by atoms with E-state index in [-0.39, 0.29) is 5.91 Å². The van der Waals surface area contributed by atoms with Crippen molar-refractivity contribution in [2.45, 2.75) is 64.3 Å². The average Bonchev–Trinajstić information content (AvgIpc) is 2.88. The predicted octanol–water partition coefficient (Wildman–Crippen LogP) is 2.67. The van der Waals surface area contributed by atoms with E-state index in [4.69, 9.17) is 0 Å². The number of carbonyl (C=O) groups excluding carboxylic acids is 1. The van der Waals surface area contributed by atoms with Crippen molar-refractivity contribution in [3.8, 4) is 0 Å². The van der Waals surface area contributed by atoms with E-state index >= 15 is 0 Å². The van der Waals surface area contributed by atoms with E-state index in [0.717, 1.165) is 12.8 Å². The zero-order valence-electron chi connectivity index (χ0n) is 11.8. The maximum absolute atomic E-state index is 12.2. The van der Waals surface area contributed by atoms with Crippen LogP contribution in [0.1, 0.15) is 58.3 Å². The molecule has 19 heavy (non-hydrogen) atoms. The summed E-state index contributed by atoms with van der Waals surface area (Å²) in [6, 6.07) is -0.597. The second kappa shape index (κ2) is 6.40. The molecule has 0 aromatic heterocycles. The number of rotatable bonds is 4. The lowest BCUT2D eigenvalue weighted by atomic mass is 9.91. The molecular formula is C15H25NO3. The molecule has 4 heteroatoms. The molecule has 2 rings (SSSR count). The summed E-state index contributed by atoms with van der Waals surface area (Å²) in [6.07, 6.45) is 8.07. The minimum absolute atomic E-state index is 0.0474. The third kappa shape index (κ3) is 3.71. The van der Waals surface area contributed by atoms with Crippen molar-refractivity contribution >= 4 is 11.9 Å². The van der Waals surface area contributed by atoms with E-state index in [9.17, 15) is 14.7 Å². The molecule has 4 nitrogen and oxygen atoms in total. The van der Waals surface area contributed by atoms with Crippen LogP contribution in [-0.4, -0.2) is 34.5 Å². The van der Waals surface area contributed by atoms with Crippen LogP contribution in [0.3, 0.4) is 0 Å². The van der Waals surface area contributed by atoms with Gasteiger partial charge < -0.3 is 10.0 Å². The molecular weight excluding hydrogens is 242 g/mol. The number of hydrogen-bond donors (Lipinski definition) is 1. The van der Waals surface area contributed by atoms with Crippen LogP contribution in [0, 0.1) is 11.8 Å². The van der Waals surface area contributed by atoms with Gasteiger partial charge in [0, 0.05) is 13.0 Å². The Balaban J connectivity index is 1.86. The quantitative estimate of drug-likeness (QED) is 0.852. The Morgan fingerprint density at radius 2 is 1.89 bits per heavy atom. The number of carboxylic acid groups (broad SMARTS) is 1. The van der Waals surface area contributed by atoms with Gasteiger partial charge in [-0.25, -0.2) is 4.79 Å². The van der Waals surface area contributed by atoms with Gasteiger partial charge in [-0.15, -0.1) is 0 Å². The summed E-state index contributed by atoms with van der Waals surface area (Å²) < 4.78 is 0. The molecule has 1 saturated heterocycles. The highest BCUT2D eigenvalue weighted by atomic mass is 16.4. The number of aliphatic carboxylic acids is 1. The minimum atomic E-state index is -0.847. The van der Waals surface area contributed by atoms with Crippen LogP contribution in [0.15, 0.2) is 0 Å². The zero-order chi connectivity index (χ0) is 13.8. The molecule has 0 radical (unpaired) electrons. The van der Waals surface area contributed by atoms with Crippen LogP contribution in [0.4, 0.5) is 0 Å². The molecule has 2 aliphatic rings. The third-order valence-electron chi connectivity index (χ3n) is 4.71. The lowest BCUT2D eigenvalue weighted by molar-refractivity contribution is -0.153. The van der Waals surface area contributed by atoms with E-state index in [1.807, 2.05) is 0 Å². The van der Waals surface area contributed by atoms with Gasteiger partial charge in [0.15, 0.2) is 0 Å². The number of carboxylic acids is 1. The first-order valence-corrected chi connectivity index (χ1v) is 7.60. The average molecular weight is 267 g/mol. The largest absolute Gasteiger partial charge is 0.480 e. The van der Waals surface area contributed by atoms with Crippen molar-refractivity contribution in [2.24, 2.45) is 11.8 Å². The second-order valence-corrected chi connectivity index (χ2v) is 6.26. The van der Waals surface area contributed by atoms with Gasteiger partial charge in [0.2, 0.25) is 5.91 Å². The Labute approximate surface area is 115 Å². The third-order valence-corrected chi connectivity index (χ3v) is 4.71. The first-order chi connectivity index (χ1) is 9.08. The van der Waals surface area contributed by atoms with E-state index in [1.165, 1.54) is 25.7 Å². The van der Waals surface area contributed by atoms with Crippen molar-refractivity contribution in [1.82, 2.24) is 4.90 Å². The number of nitrogens with zero attached hydrogens (tertiary/aromatic N) is 1. The normalized spacial score (nSPS) is 28.6. The molecule has 1 N–H and O–H groups in total. The van der Waals surface area contributed by atoms with Gasteiger partial charge in [0.25, 0.3) is 0 Å². The molecule has 1 aliphatic heterocycles. The number of hydrogen-bond acceptors (Lipinski definition) is 2. The first kappa shape index (κ1) is 14.4. The van der Waals surface area contributed by atoms with Gasteiger partial charge in [0.1, 0.15) is 6.04 Å². The summed E-state index contributed by atoms with van der Waals surface area (Å²) in [6.45, 7) is 2.68. The SMILES string of the molecule is CC1CCN(C(=O)CCC2CCCC2)C(C(=O)O)C1. The summed E-state index contributed by atoms with van der Waals surface area (Å²) in [5.74, 6) is 0.294. The van der Waals surface area contributed by atoms with Crippen LogP contribution < -0.4 is 0 Å². The molecule has 1 saturated carbocycles. The topological polar surface area (TPSA) is 57.6 Å². The molecule has 0 bridgehead atoms. The van der Waals surface area contributed by atoms with Gasteiger partial charge in [-0.1, -0.05) is 32.6 Å². The number of amides is 1. The lowest BCUT2D eigenvalue weighted by Crippen LogP contribution is -2.49. The van der Waals surface area contributed by atoms with E-state index in [0.29, 0.717) is 31.2 Å². The Bertz CT molecular complexity index is 336. The van der Waals surface area contributed by atoms with Gasteiger partial charge in [-0.2, -0.15) is 0 Å². The first-order valence-electron chi connectivity index (χ1n) is 7.60. The molecule has 1 amide bonds. The van der Waals surface area contributed by atoms with Crippen molar-refractivity contribution in [1.29, 1.82) is 0 Å². The van der Waals surface area contributed by atoms with Gasteiger partial charge in [-0.3, -0.25) is 4.79 Å². The fourth-order valence-corrected chi connectivity index (χ4v) is 3.44. The van der Waals surface area contributed by atoms with Crippen LogP contribution in [-0.2, 0) is 9.59 Å². The molecule has 2 atom stereocenters. The molecule has 1 heterocycles. The number of carbonyl (C=O) groups is 2. The molecule has 0 spiro atoms. The van der Waals surface area contributed by atoms with Crippen molar-refractivity contribution in [3.05, 3.63) is 0 Å². The summed E-state index contributed by atoms with van der Waals surface area (Å²) in [7, 11) is 0. The van der Waals surface area contributed by atoms with Crippen LogP contribution in [0.2, 0.25) is 0 Å². The number of likely N-dealkylation sites (tertiary alicyclic amines) is 1. The van der Waals surface area contributed by atoms with Crippen LogP contribution >= 0.6 is 0 Å². The van der Waals surface area contributed by atoms with E-state index in [1.54, 1.807) is 4.90 Å². The summed E-state index contributed by atoms with van der Waals surface area (Å²) in [5, 5.41) is 9.26. The Morgan fingerprint density at radius 1 is 1.21 bits per heavy atom. The monoisotopic (exact) mass is 267 g/mol. The second-order valence-electron chi connectivity index (χ2n) is 6.26. The van der Waals surface area contributed by atoms with Crippen molar-refractivity contribution in [2.75, 3.05) is 6.54 Å². The maximum Gasteiger partial charge on any atom is 0.326 e.